The normalized spacial score (nSPS) is 12.0. The van der Waals surface area contributed by atoms with Crippen LogP contribution >= 0.6 is 0 Å². The lowest BCUT2D eigenvalue weighted by Crippen LogP contribution is -2.26. The molecule has 0 fully saturated rings. The van der Waals surface area contributed by atoms with E-state index in [4.69, 9.17) is 0 Å². The van der Waals surface area contributed by atoms with Crippen molar-refractivity contribution in [2.45, 2.75) is 40.4 Å². The van der Waals surface area contributed by atoms with Gasteiger partial charge in [-0.15, -0.1) is 0 Å². The van der Waals surface area contributed by atoms with Crippen molar-refractivity contribution in [3.63, 3.8) is 0 Å². The second-order valence-corrected chi connectivity index (χ2v) is 7.06. The fourth-order valence-corrected chi connectivity index (χ4v) is 2.81. The number of hydrogen-bond acceptors (Lipinski definition) is 3. The minimum absolute atomic E-state index is 0.189. The molecule has 2 N–H and O–H groups in total. The molecule has 1 aromatic heterocycles. The van der Waals surface area contributed by atoms with Crippen LogP contribution in [-0.2, 0) is 17.5 Å². The molecule has 2 aromatic rings. The topological polar surface area (TPSA) is 58.4 Å². The molecule has 8 heteroatoms. The van der Waals surface area contributed by atoms with Crippen LogP contribution in [0.15, 0.2) is 35.4 Å². The molecular weight excluding hydrogens is 369 g/mol. The van der Waals surface area contributed by atoms with Crippen molar-refractivity contribution in [2.75, 3.05) is 11.9 Å². The predicted octanol–water partition coefficient (Wildman–Crippen LogP) is 4.34. The van der Waals surface area contributed by atoms with Gasteiger partial charge in [-0.3, -0.25) is 4.79 Å². The van der Waals surface area contributed by atoms with Crippen molar-refractivity contribution >= 4 is 17.8 Å². The number of carbonyl (C=O) groups excluding carboxylic acids is 1. The summed E-state index contributed by atoms with van der Waals surface area (Å²) in [6.07, 6.45) is -2.85. The summed E-state index contributed by atoms with van der Waals surface area (Å²) in [5.41, 5.74) is 4.91. The van der Waals surface area contributed by atoms with Crippen LogP contribution in [0.3, 0.4) is 0 Å². The van der Waals surface area contributed by atoms with Gasteiger partial charge in [0.2, 0.25) is 0 Å². The van der Waals surface area contributed by atoms with E-state index in [9.17, 15) is 18.0 Å². The van der Waals surface area contributed by atoms with E-state index in [1.54, 1.807) is 6.21 Å². The number of carbonyl (C=O) groups is 1. The molecule has 1 heterocycles. The zero-order valence-corrected chi connectivity index (χ0v) is 16.4. The van der Waals surface area contributed by atoms with Gasteiger partial charge >= 0.3 is 6.18 Å². The Bertz CT molecular complexity index is 854. The van der Waals surface area contributed by atoms with Gasteiger partial charge in [0.05, 0.1) is 18.3 Å². The van der Waals surface area contributed by atoms with Gasteiger partial charge in [-0.05, 0) is 44.0 Å². The van der Waals surface area contributed by atoms with Crippen LogP contribution < -0.4 is 10.7 Å². The van der Waals surface area contributed by atoms with Gasteiger partial charge in [0.1, 0.15) is 0 Å². The Morgan fingerprint density at radius 1 is 1.25 bits per heavy atom. The predicted molar refractivity (Wildman–Crippen MR) is 104 cm³/mol. The lowest BCUT2D eigenvalue weighted by atomic mass is 10.2. The lowest BCUT2D eigenvalue weighted by Gasteiger charge is -2.11. The van der Waals surface area contributed by atoms with E-state index in [1.807, 2.05) is 19.9 Å². The minimum atomic E-state index is -4.42. The summed E-state index contributed by atoms with van der Waals surface area (Å²) in [7, 11) is 0. The minimum Gasteiger partial charge on any atom is -0.376 e. The Balaban J connectivity index is 1.91. The number of amides is 1. The number of nitrogens with zero attached hydrogens (tertiary/aromatic N) is 2. The summed E-state index contributed by atoms with van der Waals surface area (Å²) in [5.74, 6) is 0.0564. The van der Waals surface area contributed by atoms with Crippen molar-refractivity contribution in [3.05, 3.63) is 52.8 Å². The van der Waals surface area contributed by atoms with E-state index in [-0.39, 0.29) is 12.2 Å². The number of benzene rings is 1. The number of rotatable bonds is 7. The van der Waals surface area contributed by atoms with Crippen molar-refractivity contribution in [2.24, 2.45) is 11.0 Å². The average Bonchev–Trinajstić information content (AvgIpc) is 2.87. The summed E-state index contributed by atoms with van der Waals surface area (Å²) in [4.78, 5) is 11.9. The highest BCUT2D eigenvalue weighted by Crippen LogP contribution is 2.30. The van der Waals surface area contributed by atoms with Crippen LogP contribution in [-0.4, -0.2) is 23.2 Å². The molecule has 0 aliphatic heterocycles. The molecule has 0 atom stereocenters. The number of hydrogen-bond donors (Lipinski definition) is 2. The van der Waals surface area contributed by atoms with Crippen LogP contribution in [0.25, 0.3) is 0 Å². The van der Waals surface area contributed by atoms with E-state index in [2.05, 4.69) is 34.3 Å². The highest BCUT2D eigenvalue weighted by molar-refractivity contribution is 5.85. The van der Waals surface area contributed by atoms with Gasteiger partial charge in [-0.2, -0.15) is 18.3 Å². The standard InChI is InChI=1S/C20H25F3N4O/c1-13(2)12-27-14(3)8-16(15(27)4)10-25-26-19(28)11-24-18-7-5-6-17(9-18)20(21,22)23/h5-10,13,24H,11-12H2,1-4H3,(H,26,28)/b25-10-. The monoisotopic (exact) mass is 394 g/mol. The molecule has 2 rings (SSSR count). The molecule has 152 valence electrons. The van der Waals surface area contributed by atoms with E-state index >= 15 is 0 Å². The Morgan fingerprint density at radius 3 is 2.61 bits per heavy atom. The molecule has 0 radical (unpaired) electrons. The third-order valence-electron chi connectivity index (χ3n) is 4.20. The van der Waals surface area contributed by atoms with Crippen molar-refractivity contribution in [3.8, 4) is 0 Å². The van der Waals surface area contributed by atoms with Crippen LogP contribution in [0.1, 0.15) is 36.4 Å². The molecule has 1 aromatic carbocycles. The number of alkyl halides is 3. The first-order valence-electron chi connectivity index (χ1n) is 8.97. The summed E-state index contributed by atoms with van der Waals surface area (Å²) in [5, 5.41) is 6.61. The van der Waals surface area contributed by atoms with E-state index < -0.39 is 17.6 Å². The summed E-state index contributed by atoms with van der Waals surface area (Å²) >= 11 is 0. The molecule has 0 saturated carbocycles. The highest BCUT2D eigenvalue weighted by atomic mass is 19.4. The first-order chi connectivity index (χ1) is 13.1. The molecule has 28 heavy (non-hydrogen) atoms. The number of halogens is 3. The van der Waals surface area contributed by atoms with Crippen molar-refractivity contribution < 1.29 is 18.0 Å². The third kappa shape index (κ3) is 5.87. The molecule has 5 nitrogen and oxygen atoms in total. The van der Waals surface area contributed by atoms with Crippen LogP contribution in [0, 0.1) is 19.8 Å². The Labute approximate surface area is 162 Å². The first-order valence-corrected chi connectivity index (χ1v) is 8.97. The third-order valence-corrected chi connectivity index (χ3v) is 4.20. The molecule has 0 aliphatic rings. The number of aryl methyl sites for hydroxylation is 1. The first kappa shape index (κ1) is 21.5. The summed E-state index contributed by atoms with van der Waals surface area (Å²) < 4.78 is 40.3. The molecule has 0 aliphatic carbocycles. The number of aromatic nitrogens is 1. The van der Waals surface area contributed by atoms with Gasteiger partial charge in [-0.1, -0.05) is 19.9 Å². The molecule has 0 unspecified atom stereocenters. The second-order valence-electron chi connectivity index (χ2n) is 7.06. The number of hydrazone groups is 1. The van der Waals surface area contributed by atoms with Crippen molar-refractivity contribution in [1.82, 2.24) is 9.99 Å². The fourth-order valence-electron chi connectivity index (χ4n) is 2.81. The van der Waals surface area contributed by atoms with Gasteiger partial charge in [0.15, 0.2) is 0 Å². The van der Waals surface area contributed by atoms with Gasteiger partial charge in [0.25, 0.3) is 5.91 Å². The summed E-state index contributed by atoms with van der Waals surface area (Å²) in [6, 6.07) is 6.68. The molecule has 1 amide bonds. The smallest absolute Gasteiger partial charge is 0.376 e. The second kappa shape index (κ2) is 8.95. The Morgan fingerprint density at radius 2 is 1.96 bits per heavy atom. The summed E-state index contributed by atoms with van der Waals surface area (Å²) in [6.45, 7) is 9.01. The number of nitrogens with one attached hydrogen (secondary N) is 2. The quantitative estimate of drug-likeness (QED) is 0.542. The van der Waals surface area contributed by atoms with Crippen LogP contribution in [0.4, 0.5) is 18.9 Å². The molecule has 0 spiro atoms. The zero-order valence-electron chi connectivity index (χ0n) is 16.4. The van der Waals surface area contributed by atoms with Crippen molar-refractivity contribution in [1.29, 1.82) is 0 Å². The maximum absolute atomic E-state index is 12.7. The van der Waals surface area contributed by atoms with Gasteiger partial charge in [0, 0.05) is 29.2 Å². The maximum atomic E-state index is 12.7. The Kier molecular flexibility index (Phi) is 6.88. The van der Waals surface area contributed by atoms with E-state index in [0.29, 0.717) is 5.92 Å². The van der Waals surface area contributed by atoms with E-state index in [0.717, 1.165) is 35.6 Å². The Hall–Kier alpha value is -2.77. The largest absolute Gasteiger partial charge is 0.416 e. The lowest BCUT2D eigenvalue weighted by molar-refractivity contribution is -0.137. The SMILES string of the molecule is Cc1cc(/C=N\NC(=O)CNc2cccc(C(F)(F)F)c2)c(C)n1CC(C)C. The number of anilines is 1. The molecule has 0 bridgehead atoms. The molecular formula is C20H25F3N4O. The van der Waals surface area contributed by atoms with E-state index in [1.165, 1.54) is 12.1 Å². The van der Waals surface area contributed by atoms with Crippen LogP contribution in [0.2, 0.25) is 0 Å². The maximum Gasteiger partial charge on any atom is 0.416 e. The zero-order chi connectivity index (χ0) is 20.9. The fraction of sp³-hybridized carbons (Fsp3) is 0.400. The van der Waals surface area contributed by atoms with Crippen LogP contribution in [0.5, 0.6) is 0 Å². The highest BCUT2D eigenvalue weighted by Gasteiger charge is 2.30. The van der Waals surface area contributed by atoms with Gasteiger partial charge in [-0.25, -0.2) is 5.43 Å². The average molecular weight is 394 g/mol. The van der Waals surface area contributed by atoms with Gasteiger partial charge < -0.3 is 9.88 Å². The molecule has 0 saturated heterocycles.